The molecule has 0 fully saturated rings. The van der Waals surface area contributed by atoms with Gasteiger partial charge in [0.25, 0.3) is 5.91 Å². The lowest BCUT2D eigenvalue weighted by molar-refractivity contribution is -0.117. The summed E-state index contributed by atoms with van der Waals surface area (Å²) in [5.74, 6) is -2.22. The number of nitrogens with zero attached hydrogens (tertiary/aromatic N) is 2. The van der Waals surface area contributed by atoms with Crippen LogP contribution >= 0.6 is 0 Å². The van der Waals surface area contributed by atoms with E-state index in [2.05, 4.69) is 4.98 Å². The second kappa shape index (κ2) is 9.85. The van der Waals surface area contributed by atoms with E-state index >= 15 is 0 Å². The van der Waals surface area contributed by atoms with E-state index < -0.39 is 29.5 Å². The molecular formula is C29H24N2O7. The first kappa shape index (κ1) is 24.8. The molecule has 0 radical (unpaired) electrons. The van der Waals surface area contributed by atoms with Crippen LogP contribution in [0.3, 0.4) is 0 Å². The summed E-state index contributed by atoms with van der Waals surface area (Å²) in [5, 5.41) is 11.6. The number of benzene rings is 2. The summed E-state index contributed by atoms with van der Waals surface area (Å²) in [6.07, 6.45) is 2.80. The highest BCUT2D eigenvalue weighted by Gasteiger charge is 2.45. The number of para-hydroxylation sites is 1. The van der Waals surface area contributed by atoms with Gasteiger partial charge in [0, 0.05) is 23.5 Å². The number of ether oxygens (including phenoxy) is 2. The molecule has 2 aromatic heterocycles. The average Bonchev–Trinajstić information content (AvgIpc) is 3.47. The number of aliphatic hydroxyl groups is 1. The number of hydrogen-bond donors (Lipinski definition) is 1. The zero-order valence-corrected chi connectivity index (χ0v) is 20.9. The SMILES string of the molecule is COc1cccc2cc(C(=O)C3=C(O)C(=O)N(c4ccc(C(=O)OC(C)C)cc4)C3c3cccnc3)oc12. The smallest absolute Gasteiger partial charge is 0.338 e. The summed E-state index contributed by atoms with van der Waals surface area (Å²) in [5.41, 5.74) is 1.40. The van der Waals surface area contributed by atoms with Gasteiger partial charge in [-0.25, -0.2) is 4.79 Å². The van der Waals surface area contributed by atoms with Crippen LogP contribution in [0.15, 0.2) is 88.8 Å². The Morgan fingerprint density at radius 1 is 1.08 bits per heavy atom. The molecule has 1 N–H and O–H groups in total. The Hall–Kier alpha value is -4.92. The molecule has 4 aromatic rings. The molecule has 192 valence electrons. The van der Waals surface area contributed by atoms with Crippen LogP contribution < -0.4 is 9.64 Å². The maximum atomic E-state index is 13.8. The van der Waals surface area contributed by atoms with Gasteiger partial charge in [-0.05, 0) is 61.9 Å². The standard InChI is InChI=1S/C29H24N2O7/c1-16(2)37-29(35)17-9-11-20(12-10-17)31-24(19-7-5-13-30-15-19)23(26(33)28(31)34)25(32)22-14-18-6-4-8-21(36-3)27(18)38-22/h4-16,24,33H,1-3H3. The van der Waals surface area contributed by atoms with Gasteiger partial charge < -0.3 is 19.0 Å². The molecule has 38 heavy (non-hydrogen) atoms. The van der Waals surface area contributed by atoms with Gasteiger partial charge in [-0.3, -0.25) is 19.5 Å². The Morgan fingerprint density at radius 2 is 1.84 bits per heavy atom. The third-order valence-corrected chi connectivity index (χ3v) is 6.13. The number of amides is 1. The number of esters is 1. The largest absolute Gasteiger partial charge is 0.503 e. The van der Waals surface area contributed by atoms with Gasteiger partial charge >= 0.3 is 5.97 Å². The van der Waals surface area contributed by atoms with Gasteiger partial charge in [0.15, 0.2) is 22.9 Å². The number of pyridine rings is 1. The van der Waals surface area contributed by atoms with E-state index in [9.17, 15) is 19.5 Å². The highest BCUT2D eigenvalue weighted by atomic mass is 16.5. The van der Waals surface area contributed by atoms with E-state index in [1.807, 2.05) is 0 Å². The van der Waals surface area contributed by atoms with E-state index in [0.29, 0.717) is 33.5 Å². The molecule has 1 unspecified atom stereocenters. The van der Waals surface area contributed by atoms with Crippen molar-refractivity contribution in [3.8, 4) is 5.75 Å². The topological polar surface area (TPSA) is 119 Å². The number of furan rings is 1. The molecule has 0 spiro atoms. The summed E-state index contributed by atoms with van der Waals surface area (Å²) < 4.78 is 16.4. The minimum atomic E-state index is -0.993. The number of carbonyl (C=O) groups excluding carboxylic acids is 3. The van der Waals surface area contributed by atoms with Crippen molar-refractivity contribution in [2.24, 2.45) is 0 Å². The van der Waals surface area contributed by atoms with Crippen LogP contribution in [0.4, 0.5) is 5.69 Å². The monoisotopic (exact) mass is 512 g/mol. The lowest BCUT2D eigenvalue weighted by Crippen LogP contribution is -2.31. The van der Waals surface area contributed by atoms with Crippen molar-refractivity contribution in [3.05, 3.63) is 101 Å². The van der Waals surface area contributed by atoms with Crippen LogP contribution in [0.5, 0.6) is 5.75 Å². The number of Topliss-reactive ketones (excluding diaryl/α,β-unsaturated/α-hetero) is 1. The van der Waals surface area contributed by atoms with E-state index in [1.165, 1.54) is 30.3 Å². The fourth-order valence-electron chi connectivity index (χ4n) is 4.44. The minimum Gasteiger partial charge on any atom is -0.503 e. The fraction of sp³-hybridized carbons (Fsp3) is 0.172. The Kier molecular flexibility index (Phi) is 6.42. The van der Waals surface area contributed by atoms with Gasteiger partial charge in [0.2, 0.25) is 5.78 Å². The summed E-state index contributed by atoms with van der Waals surface area (Å²) in [6.45, 7) is 3.50. The molecule has 1 atom stereocenters. The van der Waals surface area contributed by atoms with Crippen molar-refractivity contribution in [3.63, 3.8) is 0 Å². The summed E-state index contributed by atoms with van der Waals surface area (Å²) >= 11 is 0. The number of methoxy groups -OCH3 is 1. The molecule has 9 nitrogen and oxygen atoms in total. The Balaban J connectivity index is 1.57. The Bertz CT molecular complexity index is 1570. The molecule has 1 aliphatic rings. The molecule has 3 heterocycles. The Labute approximate surface area is 217 Å². The number of rotatable bonds is 7. The molecule has 5 rings (SSSR count). The predicted molar refractivity (Wildman–Crippen MR) is 138 cm³/mol. The normalized spacial score (nSPS) is 15.4. The quantitative estimate of drug-likeness (QED) is 0.266. The Morgan fingerprint density at radius 3 is 2.50 bits per heavy atom. The highest BCUT2D eigenvalue weighted by Crippen LogP contribution is 2.42. The summed E-state index contributed by atoms with van der Waals surface area (Å²) in [4.78, 5) is 44.9. The number of hydrogen-bond acceptors (Lipinski definition) is 8. The van der Waals surface area contributed by atoms with E-state index in [1.54, 1.807) is 68.6 Å². The van der Waals surface area contributed by atoms with Crippen LogP contribution in [0.2, 0.25) is 0 Å². The first-order chi connectivity index (χ1) is 18.3. The van der Waals surface area contributed by atoms with Gasteiger partial charge in [-0.15, -0.1) is 0 Å². The van der Waals surface area contributed by atoms with Crippen molar-refractivity contribution < 1.29 is 33.4 Å². The lowest BCUT2D eigenvalue weighted by Gasteiger charge is -2.26. The maximum Gasteiger partial charge on any atom is 0.338 e. The second-order valence-electron chi connectivity index (χ2n) is 8.95. The number of aromatic nitrogens is 1. The van der Waals surface area contributed by atoms with E-state index in [0.717, 1.165) is 0 Å². The van der Waals surface area contributed by atoms with Crippen LogP contribution in [-0.4, -0.2) is 41.0 Å². The van der Waals surface area contributed by atoms with Crippen LogP contribution in [-0.2, 0) is 9.53 Å². The van der Waals surface area contributed by atoms with Crippen molar-refractivity contribution in [1.82, 2.24) is 4.98 Å². The fourth-order valence-corrected chi connectivity index (χ4v) is 4.44. The highest BCUT2D eigenvalue weighted by molar-refractivity contribution is 6.20. The lowest BCUT2D eigenvalue weighted by atomic mass is 9.96. The molecule has 2 aromatic carbocycles. The van der Waals surface area contributed by atoms with Gasteiger partial charge in [0.1, 0.15) is 0 Å². The molecule has 1 aliphatic heterocycles. The van der Waals surface area contributed by atoms with E-state index in [4.69, 9.17) is 13.9 Å². The second-order valence-corrected chi connectivity index (χ2v) is 8.95. The first-order valence-corrected chi connectivity index (χ1v) is 11.9. The van der Waals surface area contributed by atoms with Crippen LogP contribution in [0, 0.1) is 0 Å². The first-order valence-electron chi connectivity index (χ1n) is 11.9. The predicted octanol–water partition coefficient (Wildman–Crippen LogP) is 5.18. The minimum absolute atomic E-state index is 0.0543. The van der Waals surface area contributed by atoms with Gasteiger partial charge in [-0.1, -0.05) is 18.2 Å². The van der Waals surface area contributed by atoms with Gasteiger partial charge in [-0.2, -0.15) is 0 Å². The number of fused-ring (bicyclic) bond motifs is 1. The molecular weight excluding hydrogens is 488 g/mol. The third kappa shape index (κ3) is 4.28. The molecule has 0 saturated heterocycles. The summed E-state index contributed by atoms with van der Waals surface area (Å²) in [7, 11) is 1.49. The summed E-state index contributed by atoms with van der Waals surface area (Å²) in [6, 6.07) is 15.3. The molecule has 9 heteroatoms. The zero-order chi connectivity index (χ0) is 27.0. The molecule has 0 saturated carbocycles. The number of anilines is 1. The van der Waals surface area contributed by atoms with Crippen molar-refractivity contribution in [1.29, 1.82) is 0 Å². The van der Waals surface area contributed by atoms with Crippen LogP contribution in [0.1, 0.15) is 46.4 Å². The molecule has 1 amide bonds. The zero-order valence-electron chi connectivity index (χ0n) is 20.9. The van der Waals surface area contributed by atoms with Crippen molar-refractivity contribution in [2.45, 2.75) is 26.0 Å². The number of carbonyl (C=O) groups is 3. The third-order valence-electron chi connectivity index (χ3n) is 6.13. The number of ketones is 1. The molecule has 0 aliphatic carbocycles. The maximum absolute atomic E-state index is 13.8. The van der Waals surface area contributed by atoms with Crippen LogP contribution in [0.25, 0.3) is 11.0 Å². The van der Waals surface area contributed by atoms with Crippen molar-refractivity contribution in [2.75, 3.05) is 12.0 Å². The van der Waals surface area contributed by atoms with Crippen molar-refractivity contribution >= 4 is 34.3 Å². The van der Waals surface area contributed by atoms with Gasteiger partial charge in [0.05, 0.1) is 30.4 Å². The average molecular weight is 513 g/mol. The number of aliphatic hydroxyl groups excluding tert-OH is 1. The van der Waals surface area contributed by atoms with E-state index in [-0.39, 0.29) is 17.4 Å². The molecule has 0 bridgehead atoms.